The van der Waals surface area contributed by atoms with Crippen molar-refractivity contribution in [3.05, 3.63) is 35.4 Å². The van der Waals surface area contributed by atoms with Crippen molar-refractivity contribution in [2.24, 2.45) is 23.5 Å². The van der Waals surface area contributed by atoms with Crippen LogP contribution in [-0.4, -0.2) is 6.04 Å². The monoisotopic (exact) mass is 281 g/mol. The van der Waals surface area contributed by atoms with E-state index in [9.17, 15) is 8.78 Å². The summed E-state index contributed by atoms with van der Waals surface area (Å²) in [5.41, 5.74) is 6.64. The van der Waals surface area contributed by atoms with Gasteiger partial charge >= 0.3 is 0 Å². The van der Waals surface area contributed by atoms with Crippen molar-refractivity contribution in [2.45, 2.75) is 52.0 Å². The number of benzene rings is 1. The molecule has 1 nitrogen and oxygen atoms in total. The zero-order valence-corrected chi connectivity index (χ0v) is 12.4. The summed E-state index contributed by atoms with van der Waals surface area (Å²) in [6.07, 6.45) is 5.08. The maximum atomic E-state index is 13.7. The summed E-state index contributed by atoms with van der Waals surface area (Å²) in [4.78, 5) is 0. The van der Waals surface area contributed by atoms with Crippen molar-refractivity contribution in [3.8, 4) is 0 Å². The zero-order chi connectivity index (χ0) is 14.7. The summed E-state index contributed by atoms with van der Waals surface area (Å²) in [7, 11) is 0. The highest BCUT2D eigenvalue weighted by Crippen LogP contribution is 2.35. The van der Waals surface area contributed by atoms with Crippen molar-refractivity contribution in [2.75, 3.05) is 0 Å². The SMILES string of the molecule is CC(C)C1CCC(C(N)Cc2cccc(F)c2F)CC1. The molecule has 0 aromatic heterocycles. The molecule has 1 unspecified atom stereocenters. The first kappa shape index (κ1) is 15.4. The number of halogens is 2. The predicted molar refractivity (Wildman–Crippen MR) is 78.3 cm³/mol. The van der Waals surface area contributed by atoms with Gasteiger partial charge < -0.3 is 5.73 Å². The topological polar surface area (TPSA) is 26.0 Å². The van der Waals surface area contributed by atoms with Crippen LogP contribution in [0, 0.1) is 29.4 Å². The minimum atomic E-state index is -0.779. The molecule has 3 heteroatoms. The van der Waals surface area contributed by atoms with Crippen molar-refractivity contribution in [1.82, 2.24) is 0 Å². The normalized spacial score (nSPS) is 24.9. The van der Waals surface area contributed by atoms with Gasteiger partial charge in [0.25, 0.3) is 0 Å². The van der Waals surface area contributed by atoms with Gasteiger partial charge in [-0.25, -0.2) is 8.78 Å². The Labute approximate surface area is 120 Å². The minimum Gasteiger partial charge on any atom is -0.327 e. The van der Waals surface area contributed by atoms with E-state index in [1.54, 1.807) is 12.1 Å². The fraction of sp³-hybridized carbons (Fsp3) is 0.647. The molecule has 20 heavy (non-hydrogen) atoms. The highest BCUT2D eigenvalue weighted by molar-refractivity contribution is 5.20. The second kappa shape index (κ2) is 6.66. The molecule has 0 radical (unpaired) electrons. The molecule has 1 aromatic rings. The van der Waals surface area contributed by atoms with E-state index in [-0.39, 0.29) is 6.04 Å². The molecule has 112 valence electrons. The summed E-state index contributed by atoms with van der Waals surface area (Å²) < 4.78 is 26.9. The van der Waals surface area contributed by atoms with Crippen LogP contribution in [0.15, 0.2) is 18.2 Å². The lowest BCUT2D eigenvalue weighted by Gasteiger charge is -2.34. The molecule has 0 heterocycles. The first-order valence-corrected chi connectivity index (χ1v) is 7.67. The van der Waals surface area contributed by atoms with E-state index in [0.29, 0.717) is 17.9 Å². The van der Waals surface area contributed by atoms with E-state index >= 15 is 0 Å². The maximum Gasteiger partial charge on any atom is 0.162 e. The van der Waals surface area contributed by atoms with Gasteiger partial charge in [-0.15, -0.1) is 0 Å². The van der Waals surface area contributed by atoms with E-state index in [0.717, 1.165) is 30.7 Å². The smallest absolute Gasteiger partial charge is 0.162 e. The molecule has 0 saturated heterocycles. The lowest BCUT2D eigenvalue weighted by molar-refractivity contribution is 0.202. The lowest BCUT2D eigenvalue weighted by atomic mass is 9.74. The van der Waals surface area contributed by atoms with Crippen molar-refractivity contribution >= 4 is 0 Å². The van der Waals surface area contributed by atoms with Gasteiger partial charge in [0.2, 0.25) is 0 Å². The van der Waals surface area contributed by atoms with E-state index in [1.165, 1.54) is 12.8 Å². The van der Waals surface area contributed by atoms with Gasteiger partial charge in [0.15, 0.2) is 11.6 Å². The number of hydrogen-bond donors (Lipinski definition) is 1. The number of nitrogens with two attached hydrogens (primary N) is 1. The molecule has 0 aliphatic heterocycles. The third-order valence-electron chi connectivity index (χ3n) is 4.85. The predicted octanol–water partition coefficient (Wildman–Crippen LogP) is 4.30. The van der Waals surface area contributed by atoms with Crippen LogP contribution in [0.25, 0.3) is 0 Å². The Hall–Kier alpha value is -0.960. The average Bonchev–Trinajstić information content (AvgIpc) is 2.44. The van der Waals surface area contributed by atoms with Crippen molar-refractivity contribution < 1.29 is 8.78 Å². The number of rotatable bonds is 4. The standard InChI is InChI=1S/C17H25F2N/c1-11(2)12-6-8-13(9-7-12)16(20)10-14-4-3-5-15(18)17(14)19/h3-5,11-13,16H,6-10,20H2,1-2H3. The van der Waals surface area contributed by atoms with Gasteiger partial charge in [-0.05, 0) is 61.5 Å². The van der Waals surface area contributed by atoms with Gasteiger partial charge in [-0.2, -0.15) is 0 Å². The van der Waals surface area contributed by atoms with Crippen LogP contribution < -0.4 is 5.73 Å². The van der Waals surface area contributed by atoms with E-state index in [4.69, 9.17) is 5.73 Å². The molecule has 0 bridgehead atoms. The summed E-state index contributed by atoms with van der Waals surface area (Å²) in [5.74, 6) is 0.446. The van der Waals surface area contributed by atoms with Crippen LogP contribution in [0.2, 0.25) is 0 Å². The maximum absolute atomic E-state index is 13.7. The molecule has 1 fully saturated rings. The highest BCUT2D eigenvalue weighted by atomic mass is 19.2. The minimum absolute atomic E-state index is 0.0700. The summed E-state index contributed by atoms with van der Waals surface area (Å²) >= 11 is 0. The molecular formula is C17H25F2N. The molecule has 0 amide bonds. The summed E-state index contributed by atoms with van der Waals surface area (Å²) in [5, 5.41) is 0. The van der Waals surface area contributed by atoms with Gasteiger partial charge in [-0.3, -0.25) is 0 Å². The average molecular weight is 281 g/mol. The first-order valence-electron chi connectivity index (χ1n) is 7.67. The lowest BCUT2D eigenvalue weighted by Crippen LogP contribution is -2.35. The van der Waals surface area contributed by atoms with E-state index in [1.807, 2.05) is 0 Å². The fourth-order valence-corrected chi connectivity index (χ4v) is 3.37. The van der Waals surface area contributed by atoms with Gasteiger partial charge in [0.05, 0.1) is 0 Å². The molecular weight excluding hydrogens is 256 g/mol. The Kier molecular flexibility index (Phi) is 5.14. The van der Waals surface area contributed by atoms with Crippen LogP contribution in [0.5, 0.6) is 0 Å². The molecule has 1 saturated carbocycles. The molecule has 2 N–H and O–H groups in total. The van der Waals surface area contributed by atoms with Crippen molar-refractivity contribution in [3.63, 3.8) is 0 Å². The molecule has 2 rings (SSSR count). The van der Waals surface area contributed by atoms with Gasteiger partial charge in [-0.1, -0.05) is 26.0 Å². The third kappa shape index (κ3) is 3.57. The Morgan fingerprint density at radius 2 is 1.70 bits per heavy atom. The highest BCUT2D eigenvalue weighted by Gasteiger charge is 2.27. The molecule has 1 atom stereocenters. The van der Waals surface area contributed by atoms with Crippen molar-refractivity contribution in [1.29, 1.82) is 0 Å². The molecule has 1 aromatic carbocycles. The molecule has 0 spiro atoms. The second-order valence-corrected chi connectivity index (χ2v) is 6.50. The number of hydrogen-bond acceptors (Lipinski definition) is 1. The summed E-state index contributed by atoms with van der Waals surface area (Å²) in [6.45, 7) is 4.54. The van der Waals surface area contributed by atoms with Gasteiger partial charge in [0.1, 0.15) is 0 Å². The Balaban J connectivity index is 1.93. The Bertz CT molecular complexity index is 437. The van der Waals surface area contributed by atoms with E-state index < -0.39 is 11.6 Å². The summed E-state index contributed by atoms with van der Waals surface area (Å²) in [6, 6.07) is 4.27. The van der Waals surface area contributed by atoms with Crippen LogP contribution >= 0.6 is 0 Å². The molecule has 1 aliphatic rings. The fourth-order valence-electron chi connectivity index (χ4n) is 3.37. The Morgan fingerprint density at radius 1 is 1.10 bits per heavy atom. The van der Waals surface area contributed by atoms with Crippen LogP contribution in [0.4, 0.5) is 8.78 Å². The van der Waals surface area contributed by atoms with Crippen LogP contribution in [0.3, 0.4) is 0 Å². The largest absolute Gasteiger partial charge is 0.327 e. The Morgan fingerprint density at radius 3 is 2.30 bits per heavy atom. The van der Waals surface area contributed by atoms with Crippen LogP contribution in [-0.2, 0) is 6.42 Å². The van der Waals surface area contributed by atoms with Gasteiger partial charge in [0, 0.05) is 6.04 Å². The van der Waals surface area contributed by atoms with Crippen LogP contribution in [0.1, 0.15) is 45.1 Å². The zero-order valence-electron chi connectivity index (χ0n) is 12.4. The first-order chi connectivity index (χ1) is 9.49. The quantitative estimate of drug-likeness (QED) is 0.875. The molecule has 1 aliphatic carbocycles. The van der Waals surface area contributed by atoms with E-state index in [2.05, 4.69) is 13.8 Å². The third-order valence-corrected chi connectivity index (χ3v) is 4.85. The second-order valence-electron chi connectivity index (χ2n) is 6.50.